The first-order valence-corrected chi connectivity index (χ1v) is 7.14. The highest BCUT2D eigenvalue weighted by atomic mass is 16.5. The minimum Gasteiger partial charge on any atom is -0.378 e. The molecule has 2 aliphatic rings. The predicted molar refractivity (Wildman–Crippen MR) is 72.3 cm³/mol. The zero-order chi connectivity index (χ0) is 14.4. The fourth-order valence-corrected chi connectivity index (χ4v) is 2.31. The second-order valence-electron chi connectivity index (χ2n) is 5.03. The number of morpholine rings is 2. The van der Waals surface area contributed by atoms with Crippen molar-refractivity contribution in [3.05, 3.63) is 0 Å². The van der Waals surface area contributed by atoms with E-state index in [4.69, 9.17) is 9.47 Å². The maximum absolute atomic E-state index is 12.1. The molecule has 0 aromatic rings. The standard InChI is InChI=1S/C13H23N3O4/c1-11(13(18)16-4-8-20-9-5-16)14-10-12(17)15-2-6-19-7-3-15/h11,14H,2-10H2,1H3. The lowest BCUT2D eigenvalue weighted by Crippen LogP contribution is -2.52. The smallest absolute Gasteiger partial charge is 0.239 e. The van der Waals surface area contributed by atoms with Gasteiger partial charge in [0, 0.05) is 26.2 Å². The molecule has 2 heterocycles. The summed E-state index contributed by atoms with van der Waals surface area (Å²) >= 11 is 0. The third-order valence-electron chi connectivity index (χ3n) is 3.62. The number of rotatable bonds is 4. The molecule has 0 aliphatic carbocycles. The summed E-state index contributed by atoms with van der Waals surface area (Å²) in [4.78, 5) is 27.7. The highest BCUT2D eigenvalue weighted by Gasteiger charge is 2.23. The maximum atomic E-state index is 12.1. The van der Waals surface area contributed by atoms with Crippen LogP contribution in [0, 0.1) is 0 Å². The van der Waals surface area contributed by atoms with Gasteiger partial charge in [0.1, 0.15) is 0 Å². The second-order valence-corrected chi connectivity index (χ2v) is 5.03. The summed E-state index contributed by atoms with van der Waals surface area (Å²) in [6.07, 6.45) is 0. The molecule has 7 nitrogen and oxygen atoms in total. The number of nitrogens with one attached hydrogen (secondary N) is 1. The number of hydrogen-bond acceptors (Lipinski definition) is 5. The van der Waals surface area contributed by atoms with Crippen LogP contribution in [0.25, 0.3) is 0 Å². The van der Waals surface area contributed by atoms with E-state index in [2.05, 4.69) is 5.32 Å². The Bertz CT molecular complexity index is 339. The lowest BCUT2D eigenvalue weighted by Gasteiger charge is -2.30. The van der Waals surface area contributed by atoms with E-state index in [1.807, 2.05) is 0 Å². The van der Waals surface area contributed by atoms with Gasteiger partial charge in [-0.1, -0.05) is 0 Å². The van der Waals surface area contributed by atoms with Crippen molar-refractivity contribution in [2.24, 2.45) is 0 Å². The molecule has 2 rings (SSSR count). The van der Waals surface area contributed by atoms with Gasteiger partial charge in [0.25, 0.3) is 0 Å². The van der Waals surface area contributed by atoms with E-state index in [9.17, 15) is 9.59 Å². The Morgan fingerprint density at radius 3 is 2.05 bits per heavy atom. The summed E-state index contributed by atoms with van der Waals surface area (Å²) in [5.74, 6) is 0.0537. The average molecular weight is 285 g/mol. The van der Waals surface area contributed by atoms with Gasteiger partial charge < -0.3 is 19.3 Å². The molecular formula is C13H23N3O4. The van der Waals surface area contributed by atoms with E-state index < -0.39 is 0 Å². The third-order valence-corrected chi connectivity index (χ3v) is 3.62. The maximum Gasteiger partial charge on any atom is 0.239 e. The molecule has 2 fully saturated rings. The van der Waals surface area contributed by atoms with E-state index in [0.717, 1.165) is 0 Å². The Balaban J connectivity index is 1.71. The summed E-state index contributed by atoms with van der Waals surface area (Å²) in [5.41, 5.74) is 0. The predicted octanol–water partition coefficient (Wildman–Crippen LogP) is -1.32. The SMILES string of the molecule is CC(NCC(=O)N1CCOCC1)C(=O)N1CCOCC1. The normalized spacial score (nSPS) is 21.6. The molecule has 0 radical (unpaired) electrons. The molecule has 1 atom stereocenters. The number of hydrogen-bond donors (Lipinski definition) is 1. The Morgan fingerprint density at radius 1 is 1.00 bits per heavy atom. The van der Waals surface area contributed by atoms with Crippen LogP contribution < -0.4 is 5.32 Å². The van der Waals surface area contributed by atoms with E-state index in [-0.39, 0.29) is 24.4 Å². The molecule has 0 aromatic heterocycles. The van der Waals surface area contributed by atoms with Crippen molar-refractivity contribution in [3.8, 4) is 0 Å². The van der Waals surface area contributed by atoms with Crippen molar-refractivity contribution in [2.75, 3.05) is 59.2 Å². The fraction of sp³-hybridized carbons (Fsp3) is 0.846. The second kappa shape index (κ2) is 7.56. The van der Waals surface area contributed by atoms with Crippen molar-refractivity contribution < 1.29 is 19.1 Å². The zero-order valence-electron chi connectivity index (χ0n) is 12.0. The highest BCUT2D eigenvalue weighted by molar-refractivity contribution is 5.83. The Morgan fingerprint density at radius 2 is 1.50 bits per heavy atom. The molecule has 0 saturated carbocycles. The first kappa shape index (κ1) is 15.2. The molecule has 0 spiro atoms. The monoisotopic (exact) mass is 285 g/mol. The molecule has 0 bridgehead atoms. The highest BCUT2D eigenvalue weighted by Crippen LogP contribution is 2.01. The van der Waals surface area contributed by atoms with Crippen molar-refractivity contribution in [3.63, 3.8) is 0 Å². The first-order chi connectivity index (χ1) is 9.68. The molecule has 2 saturated heterocycles. The van der Waals surface area contributed by atoms with Gasteiger partial charge >= 0.3 is 0 Å². The van der Waals surface area contributed by atoms with Crippen LogP contribution in [0.3, 0.4) is 0 Å². The van der Waals surface area contributed by atoms with Crippen LogP contribution in [0.1, 0.15) is 6.92 Å². The minimum atomic E-state index is -0.349. The lowest BCUT2D eigenvalue weighted by atomic mass is 10.2. The quantitative estimate of drug-likeness (QED) is 0.694. The molecule has 1 N–H and O–H groups in total. The number of carbonyl (C=O) groups is 2. The molecule has 114 valence electrons. The fourth-order valence-electron chi connectivity index (χ4n) is 2.31. The van der Waals surface area contributed by atoms with Crippen LogP contribution in [0.4, 0.5) is 0 Å². The van der Waals surface area contributed by atoms with E-state index >= 15 is 0 Å². The summed E-state index contributed by atoms with van der Waals surface area (Å²) in [6.45, 7) is 6.86. The molecular weight excluding hydrogens is 262 g/mol. The van der Waals surface area contributed by atoms with Gasteiger partial charge in [0.05, 0.1) is 39.0 Å². The molecule has 2 aliphatic heterocycles. The number of nitrogens with zero attached hydrogens (tertiary/aromatic N) is 2. The van der Waals surface area contributed by atoms with Gasteiger partial charge in [0.2, 0.25) is 11.8 Å². The lowest BCUT2D eigenvalue weighted by molar-refractivity contribution is -0.138. The summed E-state index contributed by atoms with van der Waals surface area (Å²) in [6, 6.07) is -0.349. The topological polar surface area (TPSA) is 71.1 Å². The first-order valence-electron chi connectivity index (χ1n) is 7.14. The Hall–Kier alpha value is -1.18. The van der Waals surface area contributed by atoms with Crippen LogP contribution in [-0.2, 0) is 19.1 Å². The van der Waals surface area contributed by atoms with Crippen molar-refractivity contribution >= 4 is 11.8 Å². The number of ether oxygens (including phenoxy) is 2. The van der Waals surface area contributed by atoms with Crippen LogP contribution in [-0.4, -0.2) is 86.8 Å². The number of carbonyl (C=O) groups excluding carboxylic acids is 2. The minimum absolute atomic E-state index is 0.0231. The van der Waals surface area contributed by atoms with E-state index in [1.54, 1.807) is 16.7 Å². The van der Waals surface area contributed by atoms with E-state index in [1.165, 1.54) is 0 Å². The summed E-state index contributed by atoms with van der Waals surface area (Å²) in [5, 5.41) is 3.01. The Kier molecular flexibility index (Phi) is 5.75. The van der Waals surface area contributed by atoms with E-state index in [0.29, 0.717) is 52.6 Å². The van der Waals surface area contributed by atoms with Crippen LogP contribution in [0.2, 0.25) is 0 Å². The number of amides is 2. The van der Waals surface area contributed by atoms with Crippen LogP contribution in [0.15, 0.2) is 0 Å². The van der Waals surface area contributed by atoms with Gasteiger partial charge in [0.15, 0.2) is 0 Å². The van der Waals surface area contributed by atoms with Gasteiger partial charge in [-0.2, -0.15) is 0 Å². The largest absolute Gasteiger partial charge is 0.378 e. The van der Waals surface area contributed by atoms with Crippen LogP contribution >= 0.6 is 0 Å². The van der Waals surface area contributed by atoms with Crippen molar-refractivity contribution in [1.29, 1.82) is 0 Å². The van der Waals surface area contributed by atoms with Gasteiger partial charge in [-0.25, -0.2) is 0 Å². The van der Waals surface area contributed by atoms with Crippen molar-refractivity contribution in [1.82, 2.24) is 15.1 Å². The Labute approximate surface area is 119 Å². The molecule has 2 amide bonds. The third kappa shape index (κ3) is 4.16. The zero-order valence-corrected chi connectivity index (χ0v) is 12.0. The van der Waals surface area contributed by atoms with Gasteiger partial charge in [-0.15, -0.1) is 0 Å². The summed E-state index contributed by atoms with van der Waals surface area (Å²) in [7, 11) is 0. The molecule has 1 unspecified atom stereocenters. The van der Waals surface area contributed by atoms with Crippen molar-refractivity contribution in [2.45, 2.75) is 13.0 Å². The summed E-state index contributed by atoms with van der Waals surface area (Å²) < 4.78 is 10.4. The molecule has 20 heavy (non-hydrogen) atoms. The average Bonchev–Trinajstić information content (AvgIpc) is 2.53. The van der Waals surface area contributed by atoms with Gasteiger partial charge in [-0.05, 0) is 6.92 Å². The molecule has 7 heteroatoms. The molecule has 0 aromatic carbocycles. The van der Waals surface area contributed by atoms with Crippen LogP contribution in [0.5, 0.6) is 0 Å². The van der Waals surface area contributed by atoms with Gasteiger partial charge in [-0.3, -0.25) is 14.9 Å².